The van der Waals surface area contributed by atoms with Gasteiger partial charge < -0.3 is 4.74 Å². The molecule has 4 bridgehead atoms. The Bertz CT molecular complexity index is 462. The van der Waals surface area contributed by atoms with E-state index in [0.717, 1.165) is 29.6 Å². The van der Waals surface area contributed by atoms with E-state index in [2.05, 4.69) is 4.74 Å². The van der Waals surface area contributed by atoms with Crippen LogP contribution in [0.15, 0.2) is 0 Å². The van der Waals surface area contributed by atoms with E-state index in [1.54, 1.807) is 44.9 Å². The monoisotopic (exact) mass is 432 g/mol. The van der Waals surface area contributed by atoms with Crippen molar-refractivity contribution in [2.24, 2.45) is 23.2 Å². The highest BCUT2D eigenvalue weighted by atomic mass is 16.5. The summed E-state index contributed by atoms with van der Waals surface area (Å²) in [5, 5.41) is 0. The normalized spacial score (nSPS) is 28.9. The molecule has 0 aromatic rings. The molecular weight excluding hydrogens is 380 g/mol. The number of hydrogen-bond donors (Lipinski definition) is 0. The minimum Gasteiger partial charge on any atom is -0.469 e. The number of esters is 1. The van der Waals surface area contributed by atoms with Gasteiger partial charge in [-0.3, -0.25) is 4.79 Å². The van der Waals surface area contributed by atoms with Crippen molar-refractivity contribution in [3.63, 3.8) is 0 Å². The topological polar surface area (TPSA) is 26.3 Å². The van der Waals surface area contributed by atoms with Crippen LogP contribution in [0.5, 0.6) is 0 Å². The standard InChI is InChI=1S/C29H52O2/c1-31-28(30)17-15-13-11-9-7-5-3-2-4-6-8-10-12-14-16-18-29-22-25-19-26(23-29)21-27(20-25)24-29/h25-27H,2-24H2,1H3. The van der Waals surface area contributed by atoms with E-state index >= 15 is 0 Å². The van der Waals surface area contributed by atoms with Crippen molar-refractivity contribution < 1.29 is 9.53 Å². The van der Waals surface area contributed by atoms with Gasteiger partial charge in [0.2, 0.25) is 0 Å². The maximum absolute atomic E-state index is 11.0. The van der Waals surface area contributed by atoms with Gasteiger partial charge in [-0.1, -0.05) is 89.9 Å². The predicted molar refractivity (Wildman–Crippen MR) is 131 cm³/mol. The molecule has 0 radical (unpaired) electrons. The Morgan fingerprint density at radius 1 is 0.613 bits per heavy atom. The van der Waals surface area contributed by atoms with Crippen LogP contribution in [0.2, 0.25) is 0 Å². The van der Waals surface area contributed by atoms with E-state index < -0.39 is 0 Å². The Morgan fingerprint density at radius 2 is 0.968 bits per heavy atom. The molecule has 0 amide bonds. The van der Waals surface area contributed by atoms with Gasteiger partial charge >= 0.3 is 5.97 Å². The van der Waals surface area contributed by atoms with Crippen molar-refractivity contribution in [2.75, 3.05) is 7.11 Å². The number of carbonyl (C=O) groups is 1. The zero-order valence-corrected chi connectivity index (χ0v) is 20.8. The lowest BCUT2D eigenvalue weighted by molar-refractivity contribution is -0.140. The first kappa shape index (κ1) is 25.1. The third-order valence-electron chi connectivity index (χ3n) is 8.98. The minimum absolute atomic E-state index is 0.0579. The van der Waals surface area contributed by atoms with Gasteiger partial charge in [0.15, 0.2) is 0 Å². The molecule has 2 nitrogen and oxygen atoms in total. The summed E-state index contributed by atoms with van der Waals surface area (Å²) in [5.41, 5.74) is 0.817. The molecule has 0 atom stereocenters. The Hall–Kier alpha value is -0.530. The Balaban J connectivity index is 1.03. The van der Waals surface area contributed by atoms with Gasteiger partial charge in [-0.05, 0) is 74.5 Å². The molecule has 0 saturated heterocycles. The average Bonchev–Trinajstić information content (AvgIpc) is 2.74. The summed E-state index contributed by atoms with van der Waals surface area (Å²) < 4.78 is 4.68. The van der Waals surface area contributed by atoms with Gasteiger partial charge in [-0.25, -0.2) is 0 Å². The van der Waals surface area contributed by atoms with Crippen molar-refractivity contribution in [3.8, 4) is 0 Å². The highest BCUT2D eigenvalue weighted by molar-refractivity contribution is 5.68. The molecular formula is C29H52O2. The van der Waals surface area contributed by atoms with Crippen LogP contribution in [0.1, 0.15) is 148 Å². The summed E-state index contributed by atoms with van der Waals surface area (Å²) in [6, 6.07) is 0. The van der Waals surface area contributed by atoms with Gasteiger partial charge in [-0.15, -0.1) is 0 Å². The summed E-state index contributed by atoms with van der Waals surface area (Å²) in [6.07, 6.45) is 32.6. The van der Waals surface area contributed by atoms with Crippen molar-refractivity contribution in [1.29, 1.82) is 0 Å². The second kappa shape index (κ2) is 13.9. The van der Waals surface area contributed by atoms with Crippen molar-refractivity contribution in [2.45, 2.75) is 148 Å². The summed E-state index contributed by atoms with van der Waals surface area (Å²) in [5.74, 6) is 3.33. The summed E-state index contributed by atoms with van der Waals surface area (Å²) >= 11 is 0. The van der Waals surface area contributed by atoms with Crippen LogP contribution in [0.25, 0.3) is 0 Å². The van der Waals surface area contributed by atoms with E-state index in [4.69, 9.17) is 0 Å². The van der Waals surface area contributed by atoms with Gasteiger partial charge in [0.05, 0.1) is 7.11 Å². The number of ether oxygens (including phenoxy) is 1. The zero-order valence-electron chi connectivity index (χ0n) is 20.8. The third kappa shape index (κ3) is 9.09. The van der Waals surface area contributed by atoms with E-state index in [9.17, 15) is 4.79 Å². The minimum atomic E-state index is -0.0579. The third-order valence-corrected chi connectivity index (χ3v) is 8.98. The molecule has 0 aromatic heterocycles. The van der Waals surface area contributed by atoms with Gasteiger partial charge in [0.1, 0.15) is 0 Å². The maximum Gasteiger partial charge on any atom is 0.305 e. The van der Waals surface area contributed by atoms with Gasteiger partial charge in [0.25, 0.3) is 0 Å². The van der Waals surface area contributed by atoms with Gasteiger partial charge in [0, 0.05) is 6.42 Å². The molecule has 2 heteroatoms. The number of hydrogen-bond acceptors (Lipinski definition) is 2. The maximum atomic E-state index is 11.0. The summed E-state index contributed by atoms with van der Waals surface area (Å²) in [7, 11) is 1.48. The molecule has 4 aliphatic carbocycles. The molecule has 0 spiro atoms. The van der Waals surface area contributed by atoms with Gasteiger partial charge in [-0.2, -0.15) is 0 Å². The molecule has 0 heterocycles. The quantitative estimate of drug-likeness (QED) is 0.159. The molecule has 4 rings (SSSR count). The smallest absolute Gasteiger partial charge is 0.305 e. The van der Waals surface area contributed by atoms with Crippen molar-refractivity contribution >= 4 is 5.97 Å². The summed E-state index contributed by atoms with van der Waals surface area (Å²) in [4.78, 5) is 11.0. The zero-order chi connectivity index (χ0) is 21.8. The average molecular weight is 433 g/mol. The second-order valence-corrected chi connectivity index (χ2v) is 11.8. The predicted octanol–water partition coefficient (Wildman–Crippen LogP) is 9.01. The molecule has 4 saturated carbocycles. The molecule has 0 aromatic carbocycles. The Kier molecular flexibility index (Phi) is 11.2. The van der Waals surface area contributed by atoms with Crippen LogP contribution in [-0.2, 0) is 9.53 Å². The lowest BCUT2D eigenvalue weighted by Crippen LogP contribution is -2.45. The van der Waals surface area contributed by atoms with Crippen LogP contribution in [0.3, 0.4) is 0 Å². The van der Waals surface area contributed by atoms with E-state index in [1.165, 1.54) is 97.0 Å². The Morgan fingerprint density at radius 3 is 1.35 bits per heavy atom. The lowest BCUT2D eigenvalue weighted by atomic mass is 9.48. The second-order valence-electron chi connectivity index (χ2n) is 11.8. The first-order chi connectivity index (χ1) is 15.2. The van der Waals surface area contributed by atoms with Crippen LogP contribution < -0.4 is 0 Å². The lowest BCUT2D eigenvalue weighted by Gasteiger charge is -2.57. The van der Waals surface area contributed by atoms with Crippen LogP contribution in [-0.4, -0.2) is 13.1 Å². The number of carbonyl (C=O) groups excluding carboxylic acids is 1. The molecule has 0 N–H and O–H groups in total. The van der Waals surface area contributed by atoms with Crippen LogP contribution in [0, 0.1) is 23.2 Å². The first-order valence-corrected chi connectivity index (χ1v) is 14.3. The van der Waals surface area contributed by atoms with Crippen molar-refractivity contribution in [3.05, 3.63) is 0 Å². The number of methoxy groups -OCH3 is 1. The van der Waals surface area contributed by atoms with E-state index in [-0.39, 0.29) is 5.97 Å². The highest BCUT2D eigenvalue weighted by Crippen LogP contribution is 2.61. The number of rotatable bonds is 18. The SMILES string of the molecule is COC(=O)CCCCCCCCCCCCCCCCCC12CC3CC(CC(C3)C1)C2. The fourth-order valence-electron chi connectivity index (χ4n) is 7.77. The number of unbranched alkanes of at least 4 members (excludes halogenated alkanes) is 14. The molecule has 31 heavy (non-hydrogen) atoms. The van der Waals surface area contributed by atoms with Crippen LogP contribution in [0.4, 0.5) is 0 Å². The fraction of sp³-hybridized carbons (Fsp3) is 0.966. The first-order valence-electron chi connectivity index (χ1n) is 14.3. The fourth-order valence-corrected chi connectivity index (χ4v) is 7.77. The molecule has 0 unspecified atom stereocenters. The molecule has 4 fully saturated rings. The largest absolute Gasteiger partial charge is 0.469 e. The molecule has 180 valence electrons. The molecule has 0 aliphatic heterocycles. The van der Waals surface area contributed by atoms with E-state index in [1.807, 2.05) is 0 Å². The van der Waals surface area contributed by atoms with E-state index in [0.29, 0.717) is 6.42 Å². The highest BCUT2D eigenvalue weighted by Gasteiger charge is 2.50. The Labute approximate surface area is 193 Å². The summed E-state index contributed by atoms with van der Waals surface area (Å²) in [6.45, 7) is 0. The molecule has 4 aliphatic rings. The van der Waals surface area contributed by atoms with Crippen LogP contribution >= 0.6 is 0 Å². The van der Waals surface area contributed by atoms with Crippen molar-refractivity contribution in [1.82, 2.24) is 0 Å².